The Bertz CT molecular complexity index is 1250. The van der Waals surface area contributed by atoms with Crippen molar-refractivity contribution in [2.75, 3.05) is 13.1 Å². The molecule has 2 aromatic carbocycles. The molecule has 0 unspecified atom stereocenters. The highest BCUT2D eigenvalue weighted by molar-refractivity contribution is 6.04. The number of aryl methyl sites for hydroxylation is 1. The molecule has 0 bridgehead atoms. The molecule has 1 aliphatic rings. The quantitative estimate of drug-likeness (QED) is 0.436. The summed E-state index contributed by atoms with van der Waals surface area (Å²) in [5, 5.41) is 11.6. The summed E-state index contributed by atoms with van der Waals surface area (Å²) in [5.74, 6) is 0.351. The van der Waals surface area contributed by atoms with Gasteiger partial charge in [-0.3, -0.25) is 4.79 Å². The van der Waals surface area contributed by atoms with E-state index in [2.05, 4.69) is 57.1 Å². The summed E-state index contributed by atoms with van der Waals surface area (Å²) in [6.45, 7) is 2.25. The molecule has 4 aromatic rings. The van der Waals surface area contributed by atoms with Crippen LogP contribution in [0.5, 0.6) is 5.88 Å². The lowest BCUT2D eigenvalue weighted by Crippen LogP contribution is -2.42. The number of nitrogens with zero attached hydrogens (tertiary/aromatic N) is 3. The van der Waals surface area contributed by atoms with Crippen LogP contribution in [0.4, 0.5) is 0 Å². The molecule has 1 aliphatic heterocycles. The predicted octanol–water partition coefficient (Wildman–Crippen LogP) is 4.12. The number of aromatic nitrogens is 3. The van der Waals surface area contributed by atoms with Gasteiger partial charge in [-0.05, 0) is 48.7 Å². The lowest BCUT2D eigenvalue weighted by molar-refractivity contribution is 0.0925. The summed E-state index contributed by atoms with van der Waals surface area (Å²) in [5.41, 5.74) is 4.45. The highest BCUT2D eigenvalue weighted by Gasteiger charge is 2.21. The SMILES string of the molecule is Cl.Cn1nc(C(=O)NC2CCNCC2)c2ccc(OCc3ccc(-c4ccccc4)cc3)nc21. The fraction of sp³-hybridized carbons (Fsp3) is 0.269. The Morgan fingerprint density at radius 2 is 1.74 bits per heavy atom. The number of hydrogen-bond donors (Lipinski definition) is 2. The number of rotatable bonds is 6. The second kappa shape index (κ2) is 10.7. The Kier molecular flexibility index (Phi) is 7.45. The number of hydrogen-bond acceptors (Lipinski definition) is 5. The van der Waals surface area contributed by atoms with Crippen LogP contribution in [0.1, 0.15) is 28.9 Å². The smallest absolute Gasteiger partial charge is 0.272 e. The fourth-order valence-corrected chi connectivity index (χ4v) is 4.16. The van der Waals surface area contributed by atoms with E-state index in [1.54, 1.807) is 17.8 Å². The average molecular weight is 478 g/mol. The number of fused-ring (bicyclic) bond motifs is 1. The zero-order valence-electron chi connectivity index (χ0n) is 19.0. The van der Waals surface area contributed by atoms with Crippen LogP contribution in [0, 0.1) is 0 Å². The molecule has 2 aromatic heterocycles. The largest absolute Gasteiger partial charge is 0.473 e. The summed E-state index contributed by atoms with van der Waals surface area (Å²) >= 11 is 0. The molecule has 0 aliphatic carbocycles. The first-order valence-corrected chi connectivity index (χ1v) is 11.3. The van der Waals surface area contributed by atoms with Gasteiger partial charge in [-0.1, -0.05) is 54.6 Å². The van der Waals surface area contributed by atoms with Gasteiger partial charge in [-0.25, -0.2) is 4.68 Å². The molecule has 3 heterocycles. The van der Waals surface area contributed by atoms with Crippen LogP contribution >= 0.6 is 12.4 Å². The number of halogens is 1. The topological polar surface area (TPSA) is 81.1 Å². The van der Waals surface area contributed by atoms with Crippen LogP contribution in [0.2, 0.25) is 0 Å². The standard InChI is InChI=1S/C26H27N5O2.ClH/c1-31-25-22(24(30-31)26(32)28-21-13-15-27-16-14-21)11-12-23(29-25)33-17-18-7-9-20(10-8-18)19-5-3-2-4-6-19;/h2-12,21,27H,13-17H2,1H3,(H,28,32);1H. The first kappa shape index (κ1) is 23.7. The van der Waals surface area contributed by atoms with Crippen molar-refractivity contribution in [2.45, 2.75) is 25.5 Å². The maximum Gasteiger partial charge on any atom is 0.272 e. The minimum absolute atomic E-state index is 0. The highest BCUT2D eigenvalue weighted by Crippen LogP contribution is 2.22. The van der Waals surface area contributed by atoms with Gasteiger partial charge in [-0.2, -0.15) is 10.1 Å². The predicted molar refractivity (Wildman–Crippen MR) is 135 cm³/mol. The number of carbonyl (C=O) groups is 1. The van der Waals surface area contributed by atoms with E-state index in [4.69, 9.17) is 4.74 Å². The van der Waals surface area contributed by atoms with Gasteiger partial charge in [0, 0.05) is 19.2 Å². The molecule has 8 heteroatoms. The normalized spacial score (nSPS) is 13.9. The van der Waals surface area contributed by atoms with E-state index in [0.29, 0.717) is 23.8 Å². The number of ether oxygens (including phenoxy) is 1. The van der Waals surface area contributed by atoms with Gasteiger partial charge >= 0.3 is 0 Å². The number of benzene rings is 2. The summed E-state index contributed by atoms with van der Waals surface area (Å²) in [6.07, 6.45) is 1.86. The monoisotopic (exact) mass is 477 g/mol. The van der Waals surface area contributed by atoms with Crippen LogP contribution in [-0.4, -0.2) is 39.8 Å². The number of amides is 1. The average Bonchev–Trinajstić information content (AvgIpc) is 3.20. The Morgan fingerprint density at radius 3 is 2.47 bits per heavy atom. The third-order valence-electron chi connectivity index (χ3n) is 6.00. The Labute approximate surface area is 204 Å². The number of carbonyl (C=O) groups excluding carboxylic acids is 1. The van der Waals surface area contributed by atoms with Crippen LogP contribution in [0.15, 0.2) is 66.7 Å². The number of nitrogens with one attached hydrogen (secondary N) is 2. The zero-order chi connectivity index (χ0) is 22.6. The first-order chi connectivity index (χ1) is 16.2. The van der Waals surface area contributed by atoms with E-state index in [0.717, 1.165) is 36.9 Å². The van der Waals surface area contributed by atoms with Gasteiger partial charge in [0.15, 0.2) is 11.3 Å². The molecule has 0 atom stereocenters. The maximum atomic E-state index is 12.8. The van der Waals surface area contributed by atoms with Gasteiger partial charge in [0.05, 0.1) is 5.39 Å². The molecule has 0 saturated carbocycles. The van der Waals surface area contributed by atoms with Crippen molar-refractivity contribution in [1.29, 1.82) is 0 Å². The number of piperidine rings is 1. The van der Waals surface area contributed by atoms with Crippen molar-refractivity contribution in [1.82, 2.24) is 25.4 Å². The molecule has 1 fully saturated rings. The number of pyridine rings is 1. The van der Waals surface area contributed by atoms with E-state index in [-0.39, 0.29) is 24.4 Å². The Balaban J connectivity index is 0.00000274. The van der Waals surface area contributed by atoms with Gasteiger partial charge in [0.25, 0.3) is 5.91 Å². The van der Waals surface area contributed by atoms with Gasteiger partial charge in [-0.15, -0.1) is 12.4 Å². The second-order valence-electron chi connectivity index (χ2n) is 8.34. The van der Waals surface area contributed by atoms with E-state index in [1.165, 1.54) is 11.1 Å². The zero-order valence-corrected chi connectivity index (χ0v) is 19.8. The molecular weight excluding hydrogens is 450 g/mol. The van der Waals surface area contributed by atoms with Crippen molar-refractivity contribution in [3.05, 3.63) is 78.0 Å². The van der Waals surface area contributed by atoms with E-state index < -0.39 is 0 Å². The minimum Gasteiger partial charge on any atom is -0.473 e. The van der Waals surface area contributed by atoms with Gasteiger partial charge in [0.2, 0.25) is 5.88 Å². The van der Waals surface area contributed by atoms with Crippen molar-refractivity contribution in [3.8, 4) is 17.0 Å². The molecule has 176 valence electrons. The molecular formula is C26H28ClN5O2. The summed E-state index contributed by atoms with van der Waals surface area (Å²) in [6, 6.07) is 22.4. The fourth-order valence-electron chi connectivity index (χ4n) is 4.16. The Morgan fingerprint density at radius 1 is 1.03 bits per heavy atom. The molecule has 7 nitrogen and oxygen atoms in total. The van der Waals surface area contributed by atoms with Crippen LogP contribution < -0.4 is 15.4 Å². The lowest BCUT2D eigenvalue weighted by Gasteiger charge is -2.23. The van der Waals surface area contributed by atoms with Crippen molar-refractivity contribution in [3.63, 3.8) is 0 Å². The third-order valence-corrected chi connectivity index (χ3v) is 6.00. The van der Waals surface area contributed by atoms with Crippen LogP contribution in [0.3, 0.4) is 0 Å². The molecule has 5 rings (SSSR count). The first-order valence-electron chi connectivity index (χ1n) is 11.3. The third kappa shape index (κ3) is 5.21. The molecule has 2 N–H and O–H groups in total. The van der Waals surface area contributed by atoms with E-state index in [1.807, 2.05) is 24.3 Å². The van der Waals surface area contributed by atoms with Crippen LogP contribution in [-0.2, 0) is 13.7 Å². The summed E-state index contributed by atoms with van der Waals surface area (Å²) < 4.78 is 7.57. The molecule has 1 amide bonds. The van der Waals surface area contributed by atoms with Gasteiger partial charge < -0.3 is 15.4 Å². The van der Waals surface area contributed by atoms with Gasteiger partial charge in [0.1, 0.15) is 6.61 Å². The van der Waals surface area contributed by atoms with E-state index in [9.17, 15) is 4.79 Å². The maximum absolute atomic E-state index is 12.8. The molecule has 0 radical (unpaired) electrons. The summed E-state index contributed by atoms with van der Waals surface area (Å²) in [7, 11) is 1.79. The van der Waals surface area contributed by atoms with Crippen molar-refractivity contribution >= 4 is 29.3 Å². The molecule has 0 spiro atoms. The molecule has 34 heavy (non-hydrogen) atoms. The lowest BCUT2D eigenvalue weighted by atomic mass is 10.0. The minimum atomic E-state index is -0.151. The highest BCUT2D eigenvalue weighted by atomic mass is 35.5. The van der Waals surface area contributed by atoms with Crippen molar-refractivity contribution < 1.29 is 9.53 Å². The van der Waals surface area contributed by atoms with E-state index >= 15 is 0 Å². The Hall–Kier alpha value is -3.42. The summed E-state index contributed by atoms with van der Waals surface area (Å²) in [4.78, 5) is 17.4. The second-order valence-corrected chi connectivity index (χ2v) is 8.34. The van der Waals surface area contributed by atoms with Crippen molar-refractivity contribution in [2.24, 2.45) is 7.05 Å². The van der Waals surface area contributed by atoms with Crippen LogP contribution in [0.25, 0.3) is 22.2 Å². The molecule has 1 saturated heterocycles.